The van der Waals surface area contributed by atoms with Crippen LogP contribution in [-0.2, 0) is 11.2 Å². The molecular formula is C20H24N2OS2. The van der Waals surface area contributed by atoms with E-state index in [1.165, 1.54) is 17.3 Å². The molecule has 0 unspecified atom stereocenters. The summed E-state index contributed by atoms with van der Waals surface area (Å²) in [6.07, 6.45) is 0.794. The largest absolute Gasteiger partial charge is 0.358 e. The van der Waals surface area contributed by atoms with Crippen molar-refractivity contribution in [2.24, 2.45) is 0 Å². The van der Waals surface area contributed by atoms with E-state index in [0.717, 1.165) is 35.1 Å². The molecule has 0 aliphatic heterocycles. The summed E-state index contributed by atoms with van der Waals surface area (Å²) < 4.78 is 0.776. The first-order chi connectivity index (χ1) is 12.1. The summed E-state index contributed by atoms with van der Waals surface area (Å²) in [7, 11) is 0. The smallest absolute Gasteiger partial charge is 0.234 e. The molecule has 3 nitrogen and oxygen atoms in total. The van der Waals surface area contributed by atoms with Crippen molar-refractivity contribution < 1.29 is 4.79 Å². The zero-order valence-corrected chi connectivity index (χ0v) is 16.3. The van der Waals surface area contributed by atoms with Crippen LogP contribution in [0.2, 0.25) is 0 Å². The van der Waals surface area contributed by atoms with Crippen molar-refractivity contribution in [1.82, 2.24) is 4.90 Å². The number of amides is 1. The van der Waals surface area contributed by atoms with Gasteiger partial charge in [0, 0.05) is 18.8 Å². The van der Waals surface area contributed by atoms with Crippen molar-refractivity contribution >= 4 is 39.9 Å². The lowest BCUT2D eigenvalue weighted by Gasteiger charge is -2.20. The van der Waals surface area contributed by atoms with Gasteiger partial charge in [0.15, 0.2) is 0 Å². The second-order valence-electron chi connectivity index (χ2n) is 5.59. The Kier molecular flexibility index (Phi) is 7.95. The molecule has 5 heteroatoms. The van der Waals surface area contributed by atoms with Gasteiger partial charge >= 0.3 is 0 Å². The summed E-state index contributed by atoms with van der Waals surface area (Å²) in [6, 6.07) is 18.2. The number of nitrogens with zero attached hydrogens (tertiary/aromatic N) is 1. The third kappa shape index (κ3) is 6.18. The van der Waals surface area contributed by atoms with Crippen LogP contribution in [-0.4, -0.2) is 34.0 Å². The Morgan fingerprint density at radius 1 is 1.04 bits per heavy atom. The lowest BCUT2D eigenvalue weighted by Crippen LogP contribution is -2.28. The van der Waals surface area contributed by atoms with Crippen molar-refractivity contribution in [3.05, 3.63) is 65.7 Å². The van der Waals surface area contributed by atoms with E-state index in [9.17, 15) is 4.79 Å². The molecule has 0 saturated heterocycles. The van der Waals surface area contributed by atoms with E-state index in [4.69, 9.17) is 12.2 Å². The molecule has 0 spiro atoms. The van der Waals surface area contributed by atoms with E-state index < -0.39 is 0 Å². The minimum absolute atomic E-state index is 0.0278. The molecule has 0 bridgehead atoms. The summed E-state index contributed by atoms with van der Waals surface area (Å²) in [5, 5.41) is 3.02. The highest BCUT2D eigenvalue weighted by Gasteiger charge is 2.11. The number of hydrogen-bond acceptors (Lipinski definition) is 3. The molecule has 0 saturated carbocycles. The highest BCUT2D eigenvalue weighted by Crippen LogP contribution is 2.20. The second-order valence-corrected chi connectivity index (χ2v) is 7.20. The molecule has 0 atom stereocenters. The number of anilines is 1. The lowest BCUT2D eigenvalue weighted by atomic mass is 10.0. The van der Waals surface area contributed by atoms with Crippen LogP contribution in [0, 0.1) is 0 Å². The van der Waals surface area contributed by atoms with Gasteiger partial charge in [0.05, 0.1) is 5.75 Å². The van der Waals surface area contributed by atoms with Gasteiger partial charge in [0.1, 0.15) is 4.32 Å². The maximum atomic E-state index is 12.3. The third-order valence-electron chi connectivity index (χ3n) is 3.88. The van der Waals surface area contributed by atoms with E-state index in [1.54, 1.807) is 0 Å². The Labute approximate surface area is 159 Å². The molecule has 25 heavy (non-hydrogen) atoms. The van der Waals surface area contributed by atoms with E-state index in [-0.39, 0.29) is 5.91 Å². The zero-order chi connectivity index (χ0) is 18.1. The first kappa shape index (κ1) is 19.5. The summed E-state index contributed by atoms with van der Waals surface area (Å²) in [5.41, 5.74) is 3.20. The fraction of sp³-hybridized carbons (Fsp3) is 0.300. The Bertz CT molecular complexity index is 700. The van der Waals surface area contributed by atoms with Crippen molar-refractivity contribution in [1.29, 1.82) is 0 Å². The fourth-order valence-corrected chi connectivity index (χ4v) is 3.70. The van der Waals surface area contributed by atoms with Gasteiger partial charge in [0.2, 0.25) is 5.91 Å². The van der Waals surface area contributed by atoms with Crippen LogP contribution in [0.1, 0.15) is 25.0 Å². The van der Waals surface area contributed by atoms with Crippen LogP contribution in [0.25, 0.3) is 0 Å². The molecule has 2 rings (SSSR count). The zero-order valence-electron chi connectivity index (χ0n) is 14.7. The molecule has 2 aromatic carbocycles. The molecule has 132 valence electrons. The lowest BCUT2D eigenvalue weighted by molar-refractivity contribution is -0.113. The summed E-state index contributed by atoms with van der Waals surface area (Å²) in [4.78, 5) is 14.4. The first-order valence-electron chi connectivity index (χ1n) is 8.47. The van der Waals surface area contributed by atoms with Gasteiger partial charge < -0.3 is 10.2 Å². The number of thiocarbonyl (C=S) groups is 1. The fourth-order valence-electron chi connectivity index (χ4n) is 2.50. The van der Waals surface area contributed by atoms with Gasteiger partial charge in [-0.1, -0.05) is 72.5 Å². The van der Waals surface area contributed by atoms with Crippen molar-refractivity contribution in [3.63, 3.8) is 0 Å². The van der Waals surface area contributed by atoms with Gasteiger partial charge in [-0.05, 0) is 37.5 Å². The predicted octanol–water partition coefficient (Wildman–Crippen LogP) is 4.58. The van der Waals surface area contributed by atoms with Crippen LogP contribution >= 0.6 is 24.0 Å². The molecule has 0 radical (unpaired) electrons. The average Bonchev–Trinajstić information content (AvgIpc) is 2.63. The van der Waals surface area contributed by atoms with Crippen LogP contribution in [0.3, 0.4) is 0 Å². The molecule has 0 fully saturated rings. The number of nitrogens with one attached hydrogen (secondary N) is 1. The number of carbonyl (C=O) groups excluding carboxylic acids is 1. The third-order valence-corrected chi connectivity index (χ3v) is 5.40. The van der Waals surface area contributed by atoms with Crippen LogP contribution < -0.4 is 5.32 Å². The Morgan fingerprint density at radius 2 is 1.68 bits per heavy atom. The van der Waals surface area contributed by atoms with Crippen LogP contribution in [0.4, 0.5) is 5.69 Å². The van der Waals surface area contributed by atoms with Gasteiger partial charge in [-0.2, -0.15) is 0 Å². The van der Waals surface area contributed by atoms with Crippen LogP contribution in [0.5, 0.6) is 0 Å². The predicted molar refractivity (Wildman–Crippen MR) is 112 cm³/mol. The van der Waals surface area contributed by atoms with Crippen molar-refractivity contribution in [3.8, 4) is 0 Å². The van der Waals surface area contributed by atoms with E-state index in [1.807, 2.05) is 36.4 Å². The van der Waals surface area contributed by atoms with Gasteiger partial charge in [-0.25, -0.2) is 0 Å². The molecule has 0 aliphatic rings. The number of rotatable bonds is 7. The molecular weight excluding hydrogens is 348 g/mol. The maximum Gasteiger partial charge on any atom is 0.234 e. The minimum Gasteiger partial charge on any atom is -0.358 e. The number of carbonyl (C=O) groups is 1. The minimum atomic E-state index is -0.0278. The maximum absolute atomic E-state index is 12.3. The molecule has 1 N–H and O–H groups in total. The SMILES string of the molecule is CCN(CC)C(=S)SCC(=O)Nc1ccccc1Cc1ccccc1. The van der Waals surface area contributed by atoms with Gasteiger partial charge in [0.25, 0.3) is 0 Å². The molecule has 0 heterocycles. The monoisotopic (exact) mass is 372 g/mol. The highest BCUT2D eigenvalue weighted by atomic mass is 32.2. The molecule has 1 amide bonds. The van der Waals surface area contributed by atoms with Crippen molar-refractivity contribution in [2.45, 2.75) is 20.3 Å². The number of benzene rings is 2. The first-order valence-corrected chi connectivity index (χ1v) is 9.86. The Balaban J connectivity index is 1.96. The standard InChI is InChI=1S/C20H24N2OS2/c1-3-22(4-2)20(24)25-15-19(23)21-18-13-9-8-12-17(18)14-16-10-6-5-7-11-16/h5-13H,3-4,14-15H2,1-2H3,(H,21,23). The summed E-state index contributed by atoms with van der Waals surface area (Å²) >= 11 is 6.79. The normalized spacial score (nSPS) is 10.3. The number of thioether (sulfide) groups is 1. The number of para-hydroxylation sites is 1. The van der Waals surface area contributed by atoms with E-state index >= 15 is 0 Å². The van der Waals surface area contributed by atoms with Crippen molar-refractivity contribution in [2.75, 3.05) is 24.2 Å². The topological polar surface area (TPSA) is 32.3 Å². The average molecular weight is 373 g/mol. The van der Waals surface area contributed by atoms with Crippen LogP contribution in [0.15, 0.2) is 54.6 Å². The van der Waals surface area contributed by atoms with E-state index in [2.05, 4.69) is 42.3 Å². The summed E-state index contributed by atoms with van der Waals surface area (Å²) in [5.74, 6) is 0.301. The molecule has 0 aliphatic carbocycles. The Morgan fingerprint density at radius 3 is 2.36 bits per heavy atom. The Hall–Kier alpha value is -1.85. The quantitative estimate of drug-likeness (QED) is 0.721. The number of hydrogen-bond donors (Lipinski definition) is 1. The van der Waals surface area contributed by atoms with Gasteiger partial charge in [-0.15, -0.1) is 0 Å². The molecule has 2 aromatic rings. The van der Waals surface area contributed by atoms with E-state index in [0.29, 0.717) is 5.75 Å². The second kappa shape index (κ2) is 10.2. The highest BCUT2D eigenvalue weighted by molar-refractivity contribution is 8.23. The summed E-state index contributed by atoms with van der Waals surface area (Å²) in [6.45, 7) is 5.86. The molecule has 0 aromatic heterocycles. The van der Waals surface area contributed by atoms with Gasteiger partial charge in [-0.3, -0.25) is 4.79 Å².